The molecule has 0 bridgehead atoms. The number of halogens is 1. The molecular formula is C30H27FN4O6. The molecule has 3 amide bonds. The number of hydrogen-bond donors (Lipinski definition) is 2. The van der Waals surface area contributed by atoms with E-state index in [2.05, 4.69) is 10.3 Å². The van der Waals surface area contributed by atoms with Crippen molar-refractivity contribution in [3.63, 3.8) is 0 Å². The summed E-state index contributed by atoms with van der Waals surface area (Å²) in [5.41, 5.74) is 0.885. The van der Waals surface area contributed by atoms with Crippen LogP contribution in [0.2, 0.25) is 0 Å². The summed E-state index contributed by atoms with van der Waals surface area (Å²) in [6, 6.07) is 13.6. The highest BCUT2D eigenvalue weighted by molar-refractivity contribution is 6.21. The van der Waals surface area contributed by atoms with Crippen LogP contribution in [-0.4, -0.2) is 63.6 Å². The highest BCUT2D eigenvalue weighted by atomic mass is 19.1. The van der Waals surface area contributed by atoms with Crippen LogP contribution in [0, 0.1) is 5.82 Å². The van der Waals surface area contributed by atoms with E-state index in [1.165, 1.54) is 30.0 Å². The summed E-state index contributed by atoms with van der Waals surface area (Å²) in [6.45, 7) is 1.55. The molecule has 10 nitrogen and oxygen atoms in total. The van der Waals surface area contributed by atoms with Crippen LogP contribution in [0.4, 0.5) is 4.39 Å². The molecule has 0 fully saturated rings. The average molecular weight is 559 g/mol. The van der Waals surface area contributed by atoms with Crippen molar-refractivity contribution < 1.29 is 28.6 Å². The van der Waals surface area contributed by atoms with Gasteiger partial charge in [-0.15, -0.1) is 0 Å². The van der Waals surface area contributed by atoms with Gasteiger partial charge < -0.3 is 19.7 Å². The second-order valence-corrected chi connectivity index (χ2v) is 9.83. The maximum atomic E-state index is 13.7. The fourth-order valence-electron chi connectivity index (χ4n) is 4.94. The van der Waals surface area contributed by atoms with Crippen LogP contribution in [0.15, 0.2) is 65.6 Å². The predicted octanol–water partition coefficient (Wildman–Crippen LogP) is 2.89. The molecule has 0 spiro atoms. The minimum absolute atomic E-state index is 0.000591. The zero-order chi connectivity index (χ0) is 29.3. The number of aromatic hydroxyl groups is 1. The Bertz CT molecular complexity index is 1700. The van der Waals surface area contributed by atoms with Gasteiger partial charge in [0.15, 0.2) is 5.75 Å². The van der Waals surface area contributed by atoms with Crippen molar-refractivity contribution in [3.05, 3.63) is 105 Å². The van der Waals surface area contributed by atoms with Crippen LogP contribution in [0.25, 0.3) is 11.0 Å². The SMILES string of the molecule is COCC(C)NC(=O)c1c(O)c2ncc(Cc3ccc(F)cc3)cc2n(CCN2C(=O)c3ccccc3C2=O)c1=O. The number of aromatic nitrogens is 2. The third-order valence-corrected chi connectivity index (χ3v) is 6.90. The average Bonchev–Trinajstić information content (AvgIpc) is 3.19. The Kier molecular flexibility index (Phi) is 7.62. The number of ether oxygens (including phenoxy) is 1. The van der Waals surface area contributed by atoms with Gasteiger partial charge in [-0.05, 0) is 54.8 Å². The van der Waals surface area contributed by atoms with Gasteiger partial charge in [0.2, 0.25) is 0 Å². The van der Waals surface area contributed by atoms with Gasteiger partial charge in [0.05, 0.1) is 23.3 Å². The van der Waals surface area contributed by atoms with Crippen LogP contribution in [0.3, 0.4) is 0 Å². The largest absolute Gasteiger partial charge is 0.505 e. The molecule has 0 saturated heterocycles. The summed E-state index contributed by atoms with van der Waals surface area (Å²) in [5.74, 6) is -2.74. The number of carbonyl (C=O) groups is 3. The maximum absolute atomic E-state index is 13.7. The van der Waals surface area contributed by atoms with Crippen molar-refractivity contribution in [3.8, 4) is 5.75 Å². The van der Waals surface area contributed by atoms with Crippen LogP contribution >= 0.6 is 0 Å². The fourth-order valence-corrected chi connectivity index (χ4v) is 4.94. The van der Waals surface area contributed by atoms with Crippen molar-refractivity contribution in [2.45, 2.75) is 25.9 Å². The predicted molar refractivity (Wildman–Crippen MR) is 147 cm³/mol. The number of amides is 3. The number of hydrogen-bond acceptors (Lipinski definition) is 7. The highest BCUT2D eigenvalue weighted by Gasteiger charge is 2.35. The van der Waals surface area contributed by atoms with E-state index in [0.717, 1.165) is 10.5 Å². The molecule has 4 aromatic rings. The Hall–Kier alpha value is -4.90. The molecular weight excluding hydrogens is 531 g/mol. The lowest BCUT2D eigenvalue weighted by Gasteiger charge is -2.19. The summed E-state index contributed by atoms with van der Waals surface area (Å²) in [6.07, 6.45) is 1.85. The first-order chi connectivity index (χ1) is 19.7. The minimum atomic E-state index is -0.814. The van der Waals surface area contributed by atoms with Crippen LogP contribution < -0.4 is 10.9 Å². The second kappa shape index (κ2) is 11.3. The van der Waals surface area contributed by atoms with E-state index in [4.69, 9.17) is 4.74 Å². The molecule has 5 rings (SSSR count). The number of methoxy groups -OCH3 is 1. The summed E-state index contributed by atoms with van der Waals surface area (Å²) >= 11 is 0. The topological polar surface area (TPSA) is 131 Å². The Labute approximate surface area is 234 Å². The zero-order valence-electron chi connectivity index (χ0n) is 22.4. The fraction of sp³-hybridized carbons (Fsp3) is 0.233. The van der Waals surface area contributed by atoms with Crippen molar-refractivity contribution in [1.82, 2.24) is 19.8 Å². The Morgan fingerprint density at radius 3 is 2.32 bits per heavy atom. The molecule has 0 radical (unpaired) electrons. The van der Waals surface area contributed by atoms with Gasteiger partial charge in [-0.1, -0.05) is 24.3 Å². The number of nitrogens with zero attached hydrogens (tertiary/aromatic N) is 3. The van der Waals surface area contributed by atoms with Gasteiger partial charge in [-0.25, -0.2) is 4.39 Å². The molecule has 2 aromatic carbocycles. The van der Waals surface area contributed by atoms with E-state index in [9.17, 15) is 28.7 Å². The van der Waals surface area contributed by atoms with Crippen molar-refractivity contribution in [2.24, 2.45) is 0 Å². The van der Waals surface area contributed by atoms with E-state index < -0.39 is 40.6 Å². The molecule has 2 aromatic heterocycles. The first-order valence-corrected chi connectivity index (χ1v) is 12.9. The van der Waals surface area contributed by atoms with Crippen molar-refractivity contribution in [1.29, 1.82) is 0 Å². The number of benzene rings is 2. The Balaban J connectivity index is 1.56. The summed E-state index contributed by atoms with van der Waals surface area (Å²) in [7, 11) is 1.47. The molecule has 2 N–H and O–H groups in total. The first-order valence-electron chi connectivity index (χ1n) is 12.9. The Morgan fingerprint density at radius 2 is 1.68 bits per heavy atom. The third kappa shape index (κ3) is 5.31. The molecule has 41 heavy (non-hydrogen) atoms. The second-order valence-electron chi connectivity index (χ2n) is 9.83. The van der Waals surface area contributed by atoms with Gasteiger partial charge in [0.1, 0.15) is 16.9 Å². The minimum Gasteiger partial charge on any atom is -0.505 e. The van der Waals surface area contributed by atoms with Gasteiger partial charge in [-0.2, -0.15) is 0 Å². The standard InChI is InChI=1S/C30H27FN4O6/c1-17(16-41-2)33-27(37)24-26(36)25-23(14-19(15-32-25)13-18-7-9-20(31)10-8-18)34(30(24)40)11-12-35-28(38)21-5-3-4-6-22(21)29(35)39/h3-10,14-15,17,36H,11-13,16H2,1-2H3,(H,33,37). The van der Waals surface area contributed by atoms with E-state index in [1.807, 2.05) is 0 Å². The third-order valence-electron chi connectivity index (χ3n) is 6.90. The Morgan fingerprint density at radius 1 is 1.02 bits per heavy atom. The van der Waals surface area contributed by atoms with Crippen molar-refractivity contribution in [2.75, 3.05) is 20.3 Å². The molecule has 1 atom stereocenters. The quantitative estimate of drug-likeness (QED) is 0.302. The van der Waals surface area contributed by atoms with E-state index >= 15 is 0 Å². The molecule has 1 aliphatic rings. The molecule has 3 heterocycles. The monoisotopic (exact) mass is 558 g/mol. The van der Waals surface area contributed by atoms with Gasteiger partial charge in [0, 0.05) is 32.4 Å². The lowest BCUT2D eigenvalue weighted by atomic mass is 10.1. The normalized spacial score (nSPS) is 13.5. The smallest absolute Gasteiger partial charge is 0.267 e. The molecule has 210 valence electrons. The lowest BCUT2D eigenvalue weighted by Crippen LogP contribution is -2.41. The van der Waals surface area contributed by atoms with Gasteiger partial charge in [0.25, 0.3) is 23.3 Å². The maximum Gasteiger partial charge on any atom is 0.267 e. The van der Waals surface area contributed by atoms with Gasteiger partial charge in [-0.3, -0.25) is 29.1 Å². The summed E-state index contributed by atoms with van der Waals surface area (Å²) in [4.78, 5) is 58.1. The number of rotatable bonds is 9. The number of fused-ring (bicyclic) bond motifs is 2. The molecule has 0 saturated carbocycles. The van der Waals surface area contributed by atoms with Gasteiger partial charge >= 0.3 is 0 Å². The number of carbonyl (C=O) groups excluding carboxylic acids is 3. The summed E-state index contributed by atoms with van der Waals surface area (Å²) < 4.78 is 19.7. The first kappa shape index (κ1) is 27.7. The molecule has 1 unspecified atom stereocenters. The summed E-state index contributed by atoms with van der Waals surface area (Å²) in [5, 5.41) is 13.7. The number of pyridine rings is 2. The van der Waals surface area contributed by atoms with Crippen LogP contribution in [0.1, 0.15) is 49.1 Å². The van der Waals surface area contributed by atoms with E-state index in [-0.39, 0.29) is 47.7 Å². The van der Waals surface area contributed by atoms with Crippen LogP contribution in [0.5, 0.6) is 5.75 Å². The van der Waals surface area contributed by atoms with E-state index in [0.29, 0.717) is 12.0 Å². The van der Waals surface area contributed by atoms with Crippen LogP contribution in [-0.2, 0) is 17.7 Å². The number of nitrogens with one attached hydrogen (secondary N) is 1. The highest BCUT2D eigenvalue weighted by Crippen LogP contribution is 2.27. The zero-order valence-corrected chi connectivity index (χ0v) is 22.4. The molecule has 1 aliphatic heterocycles. The molecule has 11 heteroatoms. The molecule has 0 aliphatic carbocycles. The lowest BCUT2D eigenvalue weighted by molar-refractivity contribution is 0.0648. The van der Waals surface area contributed by atoms with Crippen molar-refractivity contribution >= 4 is 28.8 Å². The number of imide groups is 1. The van der Waals surface area contributed by atoms with E-state index in [1.54, 1.807) is 49.4 Å².